The van der Waals surface area contributed by atoms with Crippen molar-refractivity contribution in [2.45, 2.75) is 0 Å². The zero-order chi connectivity index (χ0) is 21.5. The molecule has 10 nitrogen and oxygen atoms in total. The second-order valence-corrected chi connectivity index (χ2v) is 7.44. The smallest absolute Gasteiger partial charge is 0.283 e. The van der Waals surface area contributed by atoms with Gasteiger partial charge in [-0.1, -0.05) is 0 Å². The summed E-state index contributed by atoms with van der Waals surface area (Å²) in [7, 11) is 0. The first kappa shape index (κ1) is 18.8. The molecule has 0 spiro atoms. The lowest BCUT2D eigenvalue weighted by molar-refractivity contribution is -0.384. The summed E-state index contributed by atoms with van der Waals surface area (Å²) < 4.78 is 7.09. The number of nitrogens with one attached hydrogen (secondary N) is 1. The Morgan fingerprint density at radius 1 is 1.16 bits per heavy atom. The monoisotopic (exact) mass is 432 g/mol. The number of carbonyl (C=O) groups is 1. The molecule has 0 atom stereocenters. The number of aromatic nitrogens is 1. The first-order valence-corrected chi connectivity index (χ1v) is 9.79. The number of fused-ring (bicyclic) bond motifs is 1. The number of benzene rings is 1. The highest BCUT2D eigenvalue weighted by Gasteiger charge is 2.36. The largest absolute Gasteiger partial charge is 0.462 e. The minimum atomic E-state index is -0.545. The number of non-ortho nitro benzene ring substituents is 1. The van der Waals surface area contributed by atoms with Crippen LogP contribution in [0.3, 0.4) is 0 Å². The lowest BCUT2D eigenvalue weighted by Gasteiger charge is -2.20. The van der Waals surface area contributed by atoms with Crippen LogP contribution in [0.5, 0.6) is 0 Å². The number of aliphatic imine (C=N–C) groups is 1. The molecule has 11 heteroatoms. The summed E-state index contributed by atoms with van der Waals surface area (Å²) in [6, 6.07) is 13.0. The second-order valence-electron chi connectivity index (χ2n) is 6.48. The minimum absolute atomic E-state index is 0.0151. The van der Waals surface area contributed by atoms with Crippen LogP contribution >= 0.6 is 11.8 Å². The number of thioether (sulfide) groups is 1. The molecule has 5 rings (SSSR count). The third-order valence-electron chi connectivity index (χ3n) is 4.60. The molecule has 2 aliphatic rings. The number of nitrogens with zero attached hydrogens (tertiary/aromatic N) is 5. The van der Waals surface area contributed by atoms with Gasteiger partial charge in [-0.25, -0.2) is 0 Å². The van der Waals surface area contributed by atoms with Crippen molar-refractivity contribution in [1.29, 1.82) is 5.41 Å². The molecule has 2 aliphatic heterocycles. The number of hydrogen-bond acceptors (Lipinski definition) is 7. The van der Waals surface area contributed by atoms with Crippen LogP contribution in [0.1, 0.15) is 11.5 Å². The minimum Gasteiger partial charge on any atom is -0.462 e. The number of nitro benzene ring substituents is 1. The number of carbonyl (C=O) groups excluding carboxylic acids is 1. The highest BCUT2D eigenvalue weighted by molar-refractivity contribution is 8.27. The maximum Gasteiger partial charge on any atom is 0.283 e. The van der Waals surface area contributed by atoms with E-state index >= 15 is 0 Å². The van der Waals surface area contributed by atoms with E-state index < -0.39 is 10.8 Å². The number of hydrogen-bond donors (Lipinski definition) is 1. The van der Waals surface area contributed by atoms with Gasteiger partial charge in [0.2, 0.25) is 5.17 Å². The van der Waals surface area contributed by atoms with Crippen molar-refractivity contribution in [3.8, 4) is 5.69 Å². The fourth-order valence-corrected chi connectivity index (χ4v) is 3.98. The SMILES string of the molecule is N=C1/C(=C\c2cccn2-c2ccc([N+](=O)[O-])cc2)C(=O)N=C2SC(c3ccco3)=NN12. The maximum absolute atomic E-state index is 12.6. The Morgan fingerprint density at radius 3 is 2.68 bits per heavy atom. The van der Waals surface area contributed by atoms with Crippen molar-refractivity contribution in [2.75, 3.05) is 0 Å². The van der Waals surface area contributed by atoms with Crippen molar-refractivity contribution in [1.82, 2.24) is 9.58 Å². The van der Waals surface area contributed by atoms with Crippen molar-refractivity contribution >= 4 is 45.5 Å². The highest BCUT2D eigenvalue weighted by Crippen LogP contribution is 2.31. The van der Waals surface area contributed by atoms with Gasteiger partial charge in [-0.05, 0) is 54.2 Å². The lowest BCUT2D eigenvalue weighted by atomic mass is 10.1. The van der Waals surface area contributed by atoms with Gasteiger partial charge < -0.3 is 8.98 Å². The van der Waals surface area contributed by atoms with E-state index in [1.165, 1.54) is 23.4 Å². The summed E-state index contributed by atoms with van der Waals surface area (Å²) in [6.45, 7) is 0. The predicted octanol–water partition coefficient (Wildman–Crippen LogP) is 3.65. The Morgan fingerprint density at radius 2 is 1.97 bits per heavy atom. The Labute approximate surface area is 178 Å². The number of hydrazone groups is 1. The average Bonchev–Trinajstić information content (AvgIpc) is 3.51. The average molecular weight is 432 g/mol. The molecule has 0 aliphatic carbocycles. The van der Waals surface area contributed by atoms with Gasteiger partial charge >= 0.3 is 0 Å². The predicted molar refractivity (Wildman–Crippen MR) is 115 cm³/mol. The van der Waals surface area contributed by atoms with Crippen molar-refractivity contribution < 1.29 is 14.1 Å². The fraction of sp³-hybridized carbons (Fsp3) is 0. The Kier molecular flexibility index (Phi) is 4.37. The number of nitro groups is 1. The first-order valence-electron chi connectivity index (χ1n) is 8.97. The van der Waals surface area contributed by atoms with Crippen LogP contribution in [0.2, 0.25) is 0 Å². The van der Waals surface area contributed by atoms with E-state index in [-0.39, 0.29) is 17.1 Å². The van der Waals surface area contributed by atoms with Crippen LogP contribution in [-0.4, -0.2) is 36.5 Å². The van der Waals surface area contributed by atoms with Crippen LogP contribution in [-0.2, 0) is 4.79 Å². The molecule has 0 radical (unpaired) electrons. The molecule has 3 aromatic rings. The molecule has 31 heavy (non-hydrogen) atoms. The van der Waals surface area contributed by atoms with Crippen LogP contribution in [0.25, 0.3) is 11.8 Å². The Hall–Kier alpha value is -4.25. The summed E-state index contributed by atoms with van der Waals surface area (Å²) in [4.78, 5) is 27.1. The second kappa shape index (κ2) is 7.22. The summed E-state index contributed by atoms with van der Waals surface area (Å²) in [6.07, 6.45) is 4.83. The summed E-state index contributed by atoms with van der Waals surface area (Å²) in [5.41, 5.74) is 1.35. The van der Waals surface area contributed by atoms with E-state index in [0.29, 0.717) is 27.4 Å². The van der Waals surface area contributed by atoms with Crippen molar-refractivity contribution in [3.05, 3.63) is 88.1 Å². The van der Waals surface area contributed by atoms with Gasteiger partial charge in [0.05, 0.1) is 16.8 Å². The molecule has 4 heterocycles. The van der Waals surface area contributed by atoms with Gasteiger partial charge in [-0.15, -0.1) is 0 Å². The Bertz CT molecular complexity index is 1320. The van der Waals surface area contributed by atoms with E-state index in [2.05, 4.69) is 10.1 Å². The van der Waals surface area contributed by atoms with Gasteiger partial charge in [-0.2, -0.15) is 15.1 Å². The van der Waals surface area contributed by atoms with E-state index in [1.54, 1.807) is 53.2 Å². The molecule has 0 fully saturated rings. The molecule has 0 bridgehead atoms. The molecule has 0 saturated heterocycles. The summed E-state index contributed by atoms with van der Waals surface area (Å²) in [5.74, 6) is -0.114. The summed E-state index contributed by atoms with van der Waals surface area (Å²) >= 11 is 1.16. The van der Waals surface area contributed by atoms with Gasteiger partial charge in [0.15, 0.2) is 16.6 Å². The van der Waals surface area contributed by atoms with Crippen molar-refractivity contribution in [2.24, 2.45) is 10.1 Å². The van der Waals surface area contributed by atoms with Gasteiger partial charge in [0.1, 0.15) is 0 Å². The Balaban J connectivity index is 1.49. The number of rotatable bonds is 4. The molecular weight excluding hydrogens is 420 g/mol. The van der Waals surface area contributed by atoms with Crippen LogP contribution in [0.15, 0.2) is 81.1 Å². The standard InChI is InChI=1S/C20H12N6O4S/c21-17-15(18(27)22-20-25(17)23-19(31-20)16-4-2-10-30-16)11-14-3-1-9-24(14)12-5-7-13(8-6-12)26(28)29/h1-11,21H/b15-11+,21-17?. The molecule has 0 unspecified atom stereocenters. The quantitative estimate of drug-likeness (QED) is 0.380. The third kappa shape index (κ3) is 3.26. The first-order chi connectivity index (χ1) is 15.0. The van der Waals surface area contributed by atoms with Gasteiger partial charge in [-0.3, -0.25) is 20.3 Å². The molecule has 1 aromatic carbocycles. The van der Waals surface area contributed by atoms with Crippen LogP contribution in [0.4, 0.5) is 5.69 Å². The molecule has 1 amide bonds. The van der Waals surface area contributed by atoms with E-state index in [4.69, 9.17) is 9.83 Å². The lowest BCUT2D eigenvalue weighted by Crippen LogP contribution is -2.35. The zero-order valence-electron chi connectivity index (χ0n) is 15.6. The maximum atomic E-state index is 12.6. The molecular formula is C20H12N6O4S. The van der Waals surface area contributed by atoms with E-state index in [1.807, 2.05) is 0 Å². The van der Waals surface area contributed by atoms with E-state index in [9.17, 15) is 14.9 Å². The van der Waals surface area contributed by atoms with Crippen LogP contribution < -0.4 is 0 Å². The molecule has 2 aromatic heterocycles. The molecule has 1 N–H and O–H groups in total. The normalized spacial score (nSPS) is 17.0. The number of amidine groups is 2. The van der Waals surface area contributed by atoms with Crippen LogP contribution in [0, 0.1) is 15.5 Å². The highest BCUT2D eigenvalue weighted by atomic mass is 32.2. The van der Waals surface area contributed by atoms with Gasteiger partial charge in [0.25, 0.3) is 11.6 Å². The van der Waals surface area contributed by atoms with Gasteiger partial charge in [0, 0.05) is 29.7 Å². The van der Waals surface area contributed by atoms with E-state index in [0.717, 1.165) is 11.8 Å². The summed E-state index contributed by atoms with van der Waals surface area (Å²) in [5, 5.41) is 25.8. The zero-order valence-corrected chi connectivity index (χ0v) is 16.4. The molecule has 152 valence electrons. The molecule has 0 saturated carbocycles. The topological polar surface area (TPSA) is 130 Å². The number of furan rings is 1. The fourth-order valence-electron chi connectivity index (χ4n) is 3.12. The number of amides is 1. The van der Waals surface area contributed by atoms with Crippen molar-refractivity contribution in [3.63, 3.8) is 0 Å². The third-order valence-corrected chi connectivity index (χ3v) is 5.52.